The summed E-state index contributed by atoms with van der Waals surface area (Å²) < 4.78 is 1.40. The maximum Gasteiger partial charge on any atom is 0.273 e. The van der Waals surface area contributed by atoms with Crippen molar-refractivity contribution in [2.75, 3.05) is 38.1 Å². The molecule has 3 aromatic heterocycles. The number of nitrogens with zero attached hydrogens (tertiary/aromatic N) is 6. The molecule has 0 unspecified atom stereocenters. The Labute approximate surface area is 179 Å². The van der Waals surface area contributed by atoms with Crippen LogP contribution in [0.25, 0.3) is 28.0 Å². The Morgan fingerprint density at radius 2 is 1.77 bits per heavy atom. The van der Waals surface area contributed by atoms with E-state index in [1.807, 2.05) is 13.8 Å². The van der Waals surface area contributed by atoms with Crippen molar-refractivity contribution >= 4 is 16.7 Å². The molecule has 1 aromatic carbocycles. The lowest BCUT2D eigenvalue weighted by atomic mass is 10.1. The van der Waals surface area contributed by atoms with E-state index in [9.17, 15) is 4.79 Å². The summed E-state index contributed by atoms with van der Waals surface area (Å²) in [4.78, 5) is 17.4. The molecule has 9 heteroatoms. The SMILES string of the molecule is CC(C)c1[nH]ncc1-n1nc2c(-c3ccc(N4CCN(C)CC4)cc3)n[nH]c2cc1=O. The number of benzene rings is 1. The normalized spacial score (nSPS) is 15.3. The molecule has 0 amide bonds. The zero-order chi connectivity index (χ0) is 21.5. The van der Waals surface area contributed by atoms with Crippen LogP contribution in [0.2, 0.25) is 0 Å². The van der Waals surface area contributed by atoms with Gasteiger partial charge in [-0.1, -0.05) is 26.0 Å². The monoisotopic (exact) mass is 418 g/mol. The maximum absolute atomic E-state index is 12.7. The molecule has 31 heavy (non-hydrogen) atoms. The second kappa shape index (κ2) is 7.66. The fraction of sp³-hybridized carbons (Fsp3) is 0.364. The van der Waals surface area contributed by atoms with Crippen molar-refractivity contribution in [1.82, 2.24) is 35.1 Å². The first-order valence-corrected chi connectivity index (χ1v) is 10.6. The molecule has 0 atom stereocenters. The van der Waals surface area contributed by atoms with E-state index in [1.54, 1.807) is 6.20 Å². The van der Waals surface area contributed by atoms with E-state index in [0.29, 0.717) is 16.7 Å². The van der Waals surface area contributed by atoms with Gasteiger partial charge in [-0.25, -0.2) is 0 Å². The highest BCUT2D eigenvalue weighted by atomic mass is 16.1. The number of rotatable bonds is 4. The van der Waals surface area contributed by atoms with Gasteiger partial charge in [-0.2, -0.15) is 20.0 Å². The molecule has 1 saturated heterocycles. The molecule has 9 nitrogen and oxygen atoms in total. The van der Waals surface area contributed by atoms with Crippen molar-refractivity contribution < 1.29 is 0 Å². The molecule has 0 saturated carbocycles. The fourth-order valence-electron chi connectivity index (χ4n) is 4.04. The minimum atomic E-state index is -0.226. The topological polar surface area (TPSA) is 98.7 Å². The fourth-order valence-corrected chi connectivity index (χ4v) is 4.04. The van der Waals surface area contributed by atoms with E-state index in [4.69, 9.17) is 0 Å². The lowest BCUT2D eigenvalue weighted by Crippen LogP contribution is -2.44. The summed E-state index contributed by atoms with van der Waals surface area (Å²) >= 11 is 0. The van der Waals surface area contributed by atoms with E-state index in [2.05, 4.69) is 66.6 Å². The van der Waals surface area contributed by atoms with Gasteiger partial charge in [-0.3, -0.25) is 15.0 Å². The Kier molecular flexibility index (Phi) is 4.82. The number of hydrogen-bond acceptors (Lipinski definition) is 6. The van der Waals surface area contributed by atoms with Crippen molar-refractivity contribution in [3.63, 3.8) is 0 Å². The third-order valence-corrected chi connectivity index (χ3v) is 5.91. The Hall–Kier alpha value is -3.46. The van der Waals surface area contributed by atoms with E-state index < -0.39 is 0 Å². The molecule has 2 N–H and O–H groups in total. The lowest BCUT2D eigenvalue weighted by Gasteiger charge is -2.34. The third kappa shape index (κ3) is 3.50. The number of piperazine rings is 1. The van der Waals surface area contributed by atoms with Gasteiger partial charge in [0.2, 0.25) is 0 Å². The van der Waals surface area contributed by atoms with Crippen LogP contribution in [-0.4, -0.2) is 68.3 Å². The zero-order valence-corrected chi connectivity index (χ0v) is 18.0. The van der Waals surface area contributed by atoms with Gasteiger partial charge in [0, 0.05) is 43.5 Å². The summed E-state index contributed by atoms with van der Waals surface area (Å²) in [5.74, 6) is 0.188. The molecule has 1 aliphatic rings. The molecule has 0 aliphatic carbocycles. The van der Waals surface area contributed by atoms with Gasteiger partial charge >= 0.3 is 0 Å². The Morgan fingerprint density at radius 1 is 1.03 bits per heavy atom. The molecule has 0 bridgehead atoms. The van der Waals surface area contributed by atoms with Crippen molar-refractivity contribution in [2.24, 2.45) is 0 Å². The molecule has 0 spiro atoms. The van der Waals surface area contributed by atoms with Gasteiger partial charge in [0.25, 0.3) is 5.56 Å². The van der Waals surface area contributed by atoms with Crippen LogP contribution < -0.4 is 10.5 Å². The third-order valence-electron chi connectivity index (χ3n) is 5.91. The largest absolute Gasteiger partial charge is 0.369 e. The molecule has 160 valence electrons. The second-order valence-electron chi connectivity index (χ2n) is 8.39. The number of likely N-dealkylation sites (N-methyl/N-ethyl adjacent to an activating group) is 1. The average molecular weight is 419 g/mol. The van der Waals surface area contributed by atoms with E-state index >= 15 is 0 Å². The molecular formula is C22H26N8O. The Morgan fingerprint density at radius 3 is 2.48 bits per heavy atom. The highest BCUT2D eigenvalue weighted by Crippen LogP contribution is 2.27. The molecule has 0 radical (unpaired) electrons. The zero-order valence-electron chi connectivity index (χ0n) is 18.0. The number of hydrogen-bond donors (Lipinski definition) is 2. The van der Waals surface area contributed by atoms with Crippen LogP contribution >= 0.6 is 0 Å². The molecule has 1 fully saturated rings. The van der Waals surface area contributed by atoms with E-state index in [-0.39, 0.29) is 11.5 Å². The van der Waals surface area contributed by atoms with Gasteiger partial charge in [0.15, 0.2) is 0 Å². The minimum Gasteiger partial charge on any atom is -0.369 e. The molecule has 1 aliphatic heterocycles. The summed E-state index contributed by atoms with van der Waals surface area (Å²) in [5, 5.41) is 19.2. The van der Waals surface area contributed by atoms with Crippen molar-refractivity contribution in [1.29, 1.82) is 0 Å². The van der Waals surface area contributed by atoms with Gasteiger partial charge in [-0.15, -0.1) is 0 Å². The van der Waals surface area contributed by atoms with Crippen LogP contribution in [0, 0.1) is 0 Å². The van der Waals surface area contributed by atoms with Gasteiger partial charge in [0.1, 0.15) is 16.9 Å². The van der Waals surface area contributed by atoms with Crippen LogP contribution in [0.4, 0.5) is 5.69 Å². The van der Waals surface area contributed by atoms with Crippen LogP contribution in [-0.2, 0) is 0 Å². The highest BCUT2D eigenvalue weighted by molar-refractivity contribution is 5.89. The minimum absolute atomic E-state index is 0.188. The first-order valence-electron chi connectivity index (χ1n) is 10.6. The number of aromatic nitrogens is 6. The van der Waals surface area contributed by atoms with Gasteiger partial charge < -0.3 is 9.80 Å². The summed E-state index contributed by atoms with van der Waals surface area (Å²) in [7, 11) is 2.16. The average Bonchev–Trinajstić information content (AvgIpc) is 3.41. The standard InChI is InChI=1S/C22H26N8O/c1-14(2)20-18(13-23-25-20)30-19(31)12-17-22(27-30)21(26-24-17)15-4-6-16(7-5-15)29-10-8-28(3)9-11-29/h4-7,12-14,24H,8-11H2,1-3H3,(H,23,25). The number of aromatic amines is 2. The molecular weight excluding hydrogens is 392 g/mol. The van der Waals surface area contributed by atoms with Crippen LogP contribution in [0.1, 0.15) is 25.5 Å². The molecule has 4 heterocycles. The van der Waals surface area contributed by atoms with Crippen LogP contribution in [0.15, 0.2) is 41.3 Å². The summed E-state index contributed by atoms with van der Waals surface area (Å²) in [6.07, 6.45) is 1.64. The number of H-pyrrole nitrogens is 2. The molecule has 5 rings (SSSR count). The maximum atomic E-state index is 12.7. The lowest BCUT2D eigenvalue weighted by molar-refractivity contribution is 0.313. The second-order valence-corrected chi connectivity index (χ2v) is 8.39. The van der Waals surface area contributed by atoms with Gasteiger partial charge in [-0.05, 0) is 25.1 Å². The van der Waals surface area contributed by atoms with Crippen LogP contribution in [0.3, 0.4) is 0 Å². The first-order chi connectivity index (χ1) is 15.0. The van der Waals surface area contributed by atoms with Crippen molar-refractivity contribution in [2.45, 2.75) is 19.8 Å². The van der Waals surface area contributed by atoms with Crippen molar-refractivity contribution in [3.05, 3.63) is 52.6 Å². The quantitative estimate of drug-likeness (QED) is 0.528. The first kappa shape index (κ1) is 19.5. The number of fused-ring (bicyclic) bond motifs is 1. The summed E-state index contributed by atoms with van der Waals surface area (Å²) in [5.41, 5.74) is 5.48. The predicted molar refractivity (Wildman–Crippen MR) is 121 cm³/mol. The predicted octanol–water partition coefficient (Wildman–Crippen LogP) is 2.37. The number of nitrogens with one attached hydrogen (secondary N) is 2. The summed E-state index contributed by atoms with van der Waals surface area (Å²) in [6.45, 7) is 8.28. The van der Waals surface area contributed by atoms with Gasteiger partial charge in [0.05, 0.1) is 17.4 Å². The smallest absolute Gasteiger partial charge is 0.273 e. The summed E-state index contributed by atoms with van der Waals surface area (Å²) in [6, 6.07) is 9.93. The van der Waals surface area contributed by atoms with Crippen LogP contribution in [0.5, 0.6) is 0 Å². The van der Waals surface area contributed by atoms with E-state index in [0.717, 1.165) is 43.1 Å². The Balaban J connectivity index is 1.52. The molecule has 4 aromatic rings. The Bertz CT molecular complexity index is 1260. The highest BCUT2D eigenvalue weighted by Gasteiger charge is 2.18. The van der Waals surface area contributed by atoms with E-state index in [1.165, 1.54) is 16.4 Å². The number of anilines is 1. The van der Waals surface area contributed by atoms with Crippen molar-refractivity contribution in [3.8, 4) is 16.9 Å².